The first-order chi connectivity index (χ1) is 4.75. The average Bonchev–Trinajstić information content (AvgIpc) is 1.95. The second kappa shape index (κ2) is 4.66. The minimum Gasteiger partial charge on any atom is -0.312 e. The van der Waals surface area contributed by atoms with Crippen molar-refractivity contribution in [2.75, 3.05) is 0 Å². The highest BCUT2D eigenvalue weighted by molar-refractivity contribution is 9.10. The Morgan fingerprint density at radius 2 is 2.36 bits per heavy atom. The molecule has 0 unspecified atom stereocenters. The number of rotatable bonds is 1. The minimum atomic E-state index is -0.119. The zero-order chi connectivity index (χ0) is 7.56. The van der Waals surface area contributed by atoms with Crippen LogP contribution in [0.2, 0.25) is 0 Å². The van der Waals surface area contributed by atoms with E-state index in [0.717, 1.165) is 12.1 Å². The van der Waals surface area contributed by atoms with Crippen LogP contribution < -0.4 is 5.56 Å². The van der Waals surface area contributed by atoms with Crippen molar-refractivity contribution in [1.29, 1.82) is 0 Å². The van der Waals surface area contributed by atoms with E-state index in [2.05, 4.69) is 25.9 Å². The zero-order valence-electron chi connectivity index (χ0n) is 5.93. The molecule has 3 nitrogen and oxygen atoms in total. The lowest BCUT2D eigenvalue weighted by Crippen LogP contribution is -2.09. The predicted octanol–water partition coefficient (Wildman–Crippen LogP) is 1.67. The smallest absolute Gasteiger partial charge is 0.265 e. The van der Waals surface area contributed by atoms with Crippen LogP contribution in [-0.2, 0) is 6.42 Å². The van der Waals surface area contributed by atoms with Gasteiger partial charge < -0.3 is 4.98 Å². The van der Waals surface area contributed by atoms with Crippen LogP contribution in [0, 0.1) is 0 Å². The van der Waals surface area contributed by atoms with Crippen molar-refractivity contribution in [3.05, 3.63) is 26.8 Å². The molecule has 0 bridgehead atoms. The molecular weight excluding hydrogens is 276 g/mol. The summed E-state index contributed by atoms with van der Waals surface area (Å²) in [7, 11) is 0. The van der Waals surface area contributed by atoms with Crippen LogP contribution in [0.1, 0.15) is 12.6 Å². The summed E-state index contributed by atoms with van der Waals surface area (Å²) in [6, 6.07) is 0. The SMILES string of the molecule is Br.CCc1nc[nH]c(=O)c1Br. The molecule has 0 saturated heterocycles. The van der Waals surface area contributed by atoms with Gasteiger partial charge in [-0.3, -0.25) is 4.79 Å². The first-order valence-electron chi connectivity index (χ1n) is 2.97. The molecular formula is C6H8Br2N2O. The lowest BCUT2D eigenvalue weighted by Gasteiger charge is -1.94. The number of H-pyrrole nitrogens is 1. The third kappa shape index (κ3) is 2.41. The maximum absolute atomic E-state index is 10.9. The molecule has 5 heteroatoms. The van der Waals surface area contributed by atoms with E-state index in [0.29, 0.717) is 4.47 Å². The third-order valence-corrected chi connectivity index (χ3v) is 2.02. The molecule has 0 fully saturated rings. The van der Waals surface area contributed by atoms with Gasteiger partial charge in [0.15, 0.2) is 0 Å². The van der Waals surface area contributed by atoms with Gasteiger partial charge >= 0.3 is 0 Å². The molecule has 0 aliphatic rings. The fourth-order valence-corrected chi connectivity index (χ4v) is 1.16. The van der Waals surface area contributed by atoms with Crippen molar-refractivity contribution in [3.8, 4) is 0 Å². The second-order valence-electron chi connectivity index (χ2n) is 1.85. The van der Waals surface area contributed by atoms with E-state index in [-0.39, 0.29) is 22.5 Å². The number of hydrogen-bond acceptors (Lipinski definition) is 2. The summed E-state index contributed by atoms with van der Waals surface area (Å²) >= 11 is 3.13. The Kier molecular flexibility index (Phi) is 4.60. The molecule has 0 aromatic carbocycles. The molecule has 0 spiro atoms. The molecule has 0 radical (unpaired) electrons. The second-order valence-corrected chi connectivity index (χ2v) is 2.64. The maximum Gasteiger partial charge on any atom is 0.265 e. The van der Waals surface area contributed by atoms with Gasteiger partial charge in [0.25, 0.3) is 5.56 Å². The predicted molar refractivity (Wildman–Crippen MR) is 52.3 cm³/mol. The topological polar surface area (TPSA) is 45.8 Å². The Morgan fingerprint density at radius 1 is 1.73 bits per heavy atom. The molecule has 0 saturated carbocycles. The quantitative estimate of drug-likeness (QED) is 0.852. The normalized spacial score (nSPS) is 8.91. The van der Waals surface area contributed by atoms with Gasteiger partial charge in [-0.05, 0) is 22.4 Å². The lowest BCUT2D eigenvalue weighted by molar-refractivity contribution is 0.962. The largest absolute Gasteiger partial charge is 0.312 e. The lowest BCUT2D eigenvalue weighted by atomic mass is 10.3. The number of aromatic amines is 1. The van der Waals surface area contributed by atoms with E-state index in [1.54, 1.807) is 0 Å². The van der Waals surface area contributed by atoms with Crippen LogP contribution in [-0.4, -0.2) is 9.97 Å². The van der Waals surface area contributed by atoms with Crippen LogP contribution in [0.5, 0.6) is 0 Å². The molecule has 1 rings (SSSR count). The Labute approximate surface area is 83.1 Å². The Morgan fingerprint density at radius 3 is 2.82 bits per heavy atom. The van der Waals surface area contributed by atoms with Gasteiger partial charge in [0.05, 0.1) is 12.0 Å². The highest BCUT2D eigenvalue weighted by atomic mass is 79.9. The van der Waals surface area contributed by atoms with Crippen LogP contribution in [0.3, 0.4) is 0 Å². The van der Waals surface area contributed by atoms with Gasteiger partial charge in [0.2, 0.25) is 0 Å². The van der Waals surface area contributed by atoms with Crippen LogP contribution in [0.15, 0.2) is 15.6 Å². The molecule has 1 aromatic rings. The first kappa shape index (κ1) is 10.8. The zero-order valence-corrected chi connectivity index (χ0v) is 9.23. The molecule has 1 N–H and O–H groups in total. The van der Waals surface area contributed by atoms with E-state index >= 15 is 0 Å². The van der Waals surface area contributed by atoms with Gasteiger partial charge in [-0.2, -0.15) is 0 Å². The molecule has 11 heavy (non-hydrogen) atoms. The van der Waals surface area contributed by atoms with Crippen LogP contribution in [0.25, 0.3) is 0 Å². The fourth-order valence-electron chi connectivity index (χ4n) is 0.666. The van der Waals surface area contributed by atoms with E-state index < -0.39 is 0 Å². The van der Waals surface area contributed by atoms with E-state index in [1.165, 1.54) is 6.33 Å². The molecule has 1 heterocycles. The van der Waals surface area contributed by atoms with E-state index in [4.69, 9.17) is 0 Å². The molecule has 0 aliphatic heterocycles. The summed E-state index contributed by atoms with van der Waals surface area (Å²) in [5.74, 6) is 0. The van der Waals surface area contributed by atoms with E-state index in [1.807, 2.05) is 6.92 Å². The number of hydrogen-bond donors (Lipinski definition) is 1. The van der Waals surface area contributed by atoms with Gasteiger partial charge in [-0.15, -0.1) is 17.0 Å². The standard InChI is InChI=1S/C6H7BrN2O.BrH/c1-2-4-5(7)6(10)9-3-8-4;/h3H,2H2,1H3,(H,8,9,10);1H. The number of aromatic nitrogens is 2. The molecule has 0 aliphatic carbocycles. The first-order valence-corrected chi connectivity index (χ1v) is 3.77. The average molecular weight is 284 g/mol. The molecule has 0 amide bonds. The van der Waals surface area contributed by atoms with Crippen molar-refractivity contribution in [1.82, 2.24) is 9.97 Å². The summed E-state index contributed by atoms with van der Waals surface area (Å²) in [5.41, 5.74) is 0.676. The maximum atomic E-state index is 10.9. The van der Waals surface area contributed by atoms with Gasteiger partial charge in [0, 0.05) is 0 Å². The summed E-state index contributed by atoms with van der Waals surface area (Å²) in [6.07, 6.45) is 2.18. The van der Waals surface area contributed by atoms with Crippen molar-refractivity contribution >= 4 is 32.9 Å². The van der Waals surface area contributed by atoms with Gasteiger partial charge in [0.1, 0.15) is 4.47 Å². The highest BCUT2D eigenvalue weighted by Crippen LogP contribution is 2.06. The summed E-state index contributed by atoms with van der Waals surface area (Å²) in [5, 5.41) is 0. The van der Waals surface area contributed by atoms with Gasteiger partial charge in [-0.1, -0.05) is 6.92 Å². The van der Waals surface area contributed by atoms with Crippen LogP contribution in [0.4, 0.5) is 0 Å². The van der Waals surface area contributed by atoms with Crippen molar-refractivity contribution < 1.29 is 0 Å². The third-order valence-electron chi connectivity index (χ3n) is 1.20. The minimum absolute atomic E-state index is 0. The highest BCUT2D eigenvalue weighted by Gasteiger charge is 2.00. The summed E-state index contributed by atoms with van der Waals surface area (Å²) in [6.45, 7) is 1.95. The van der Waals surface area contributed by atoms with Gasteiger partial charge in [-0.25, -0.2) is 4.98 Å². The van der Waals surface area contributed by atoms with Crippen molar-refractivity contribution in [2.24, 2.45) is 0 Å². The van der Waals surface area contributed by atoms with E-state index in [9.17, 15) is 4.79 Å². The monoisotopic (exact) mass is 282 g/mol. The number of nitrogens with one attached hydrogen (secondary N) is 1. The summed E-state index contributed by atoms with van der Waals surface area (Å²) < 4.78 is 0.539. The summed E-state index contributed by atoms with van der Waals surface area (Å²) in [4.78, 5) is 17.3. The molecule has 0 atom stereocenters. The number of halogens is 2. The van der Waals surface area contributed by atoms with Crippen LogP contribution >= 0.6 is 32.9 Å². The molecule has 1 aromatic heterocycles. The van der Waals surface area contributed by atoms with Crippen molar-refractivity contribution in [3.63, 3.8) is 0 Å². The fraction of sp³-hybridized carbons (Fsp3) is 0.333. The number of nitrogens with zero attached hydrogens (tertiary/aromatic N) is 1. The number of aryl methyl sites for hydroxylation is 1. The Hall–Kier alpha value is -0.160. The Bertz CT molecular complexity index is 284. The van der Waals surface area contributed by atoms with Crippen molar-refractivity contribution in [2.45, 2.75) is 13.3 Å². The Balaban J connectivity index is 0.000001000. The molecule has 62 valence electrons.